The predicted octanol–water partition coefficient (Wildman–Crippen LogP) is 3.00. The van der Waals surface area contributed by atoms with Crippen molar-refractivity contribution in [2.45, 2.75) is 46.0 Å². The summed E-state index contributed by atoms with van der Waals surface area (Å²) in [6.45, 7) is 6.35. The van der Waals surface area contributed by atoms with Gasteiger partial charge in [-0.15, -0.1) is 0 Å². The lowest BCUT2D eigenvalue weighted by Crippen LogP contribution is -2.32. The summed E-state index contributed by atoms with van der Waals surface area (Å²) >= 11 is 0. The molecule has 20 heavy (non-hydrogen) atoms. The van der Waals surface area contributed by atoms with E-state index in [-0.39, 0.29) is 0 Å². The fourth-order valence-corrected chi connectivity index (χ4v) is 3.12. The minimum atomic E-state index is 0.502. The first kappa shape index (κ1) is 17.2. The highest BCUT2D eigenvalue weighted by atomic mass is 15.4. The molecule has 0 amide bonds. The van der Waals surface area contributed by atoms with Crippen LogP contribution in [0, 0.1) is 17.8 Å². The molecule has 1 fully saturated rings. The summed E-state index contributed by atoms with van der Waals surface area (Å²) in [7, 11) is 3.81. The smallest absolute Gasteiger partial charge is 0.105 e. The summed E-state index contributed by atoms with van der Waals surface area (Å²) in [6.07, 6.45) is 10.9. The van der Waals surface area contributed by atoms with Crippen LogP contribution in [0.3, 0.4) is 0 Å². The largest absolute Gasteiger partial charge is 0.319 e. The van der Waals surface area contributed by atoms with Crippen LogP contribution in [0.4, 0.5) is 0 Å². The molecule has 0 saturated heterocycles. The van der Waals surface area contributed by atoms with Gasteiger partial charge in [-0.1, -0.05) is 39.0 Å². The van der Waals surface area contributed by atoms with Crippen LogP contribution in [0.15, 0.2) is 10.1 Å². The van der Waals surface area contributed by atoms with E-state index in [4.69, 9.17) is 0 Å². The van der Waals surface area contributed by atoms with Crippen molar-refractivity contribution in [3.63, 3.8) is 0 Å². The highest BCUT2D eigenvalue weighted by Gasteiger charge is 2.25. The van der Waals surface area contributed by atoms with Crippen molar-refractivity contribution in [2.75, 3.05) is 27.2 Å². The molecule has 0 bridgehead atoms. The van der Waals surface area contributed by atoms with Crippen LogP contribution in [0.1, 0.15) is 46.0 Å². The van der Waals surface area contributed by atoms with Crippen LogP contribution in [0.2, 0.25) is 0 Å². The summed E-state index contributed by atoms with van der Waals surface area (Å²) < 4.78 is 0. The highest BCUT2D eigenvalue weighted by molar-refractivity contribution is 5.64. The topological polar surface area (TPSA) is 40.0 Å². The molecular formula is C16H32N4. The van der Waals surface area contributed by atoms with Crippen molar-refractivity contribution in [3.8, 4) is 0 Å². The molecule has 2 unspecified atom stereocenters. The first-order valence-electron chi connectivity index (χ1n) is 8.10. The average molecular weight is 280 g/mol. The van der Waals surface area contributed by atoms with E-state index >= 15 is 0 Å². The first-order chi connectivity index (χ1) is 9.72. The van der Waals surface area contributed by atoms with Crippen molar-refractivity contribution >= 4 is 12.6 Å². The van der Waals surface area contributed by atoms with Crippen molar-refractivity contribution in [1.82, 2.24) is 10.3 Å². The van der Waals surface area contributed by atoms with E-state index < -0.39 is 0 Å². The molecule has 0 aromatic heterocycles. The Morgan fingerprint density at radius 1 is 1.30 bits per heavy atom. The second-order valence-corrected chi connectivity index (χ2v) is 5.87. The number of hydrogen-bond acceptors (Lipinski definition) is 3. The number of rotatable bonds is 8. The molecule has 1 aliphatic rings. The molecule has 116 valence electrons. The van der Waals surface area contributed by atoms with Gasteiger partial charge in [0.1, 0.15) is 6.34 Å². The number of hydrazone groups is 1. The van der Waals surface area contributed by atoms with Crippen LogP contribution in [-0.2, 0) is 0 Å². The summed E-state index contributed by atoms with van der Waals surface area (Å²) in [5, 5.41) is 9.80. The quantitative estimate of drug-likeness (QED) is 0.422. The van der Waals surface area contributed by atoms with E-state index in [2.05, 4.69) is 35.5 Å². The summed E-state index contributed by atoms with van der Waals surface area (Å²) in [5.41, 5.74) is 0. The van der Waals surface area contributed by atoms with Gasteiger partial charge in [0, 0.05) is 32.3 Å². The van der Waals surface area contributed by atoms with Crippen LogP contribution in [0.25, 0.3) is 0 Å². The van der Waals surface area contributed by atoms with E-state index in [1.165, 1.54) is 32.1 Å². The summed E-state index contributed by atoms with van der Waals surface area (Å²) in [4.78, 5) is 4.04. The molecule has 0 aromatic carbocycles. The average Bonchev–Trinajstić information content (AvgIpc) is 2.50. The van der Waals surface area contributed by atoms with E-state index in [1.807, 2.05) is 12.1 Å². The maximum Gasteiger partial charge on any atom is 0.105 e. The molecule has 1 aliphatic carbocycles. The maximum atomic E-state index is 4.59. The van der Waals surface area contributed by atoms with Gasteiger partial charge in [0.05, 0.1) is 0 Å². The molecule has 0 aliphatic heterocycles. The van der Waals surface area contributed by atoms with E-state index in [0.29, 0.717) is 11.8 Å². The number of hydrogen-bond donors (Lipinski definition) is 1. The van der Waals surface area contributed by atoms with Gasteiger partial charge in [0.2, 0.25) is 0 Å². The predicted molar refractivity (Wildman–Crippen MR) is 88.4 cm³/mol. The fraction of sp³-hybridized carbons (Fsp3) is 0.875. The zero-order valence-electron chi connectivity index (χ0n) is 13.7. The minimum Gasteiger partial charge on any atom is -0.319 e. The molecule has 4 heteroatoms. The Balaban J connectivity index is 2.63. The molecule has 0 spiro atoms. The van der Waals surface area contributed by atoms with Gasteiger partial charge in [-0.25, -0.2) is 0 Å². The molecule has 0 heterocycles. The molecule has 1 rings (SSSR count). The fourth-order valence-electron chi connectivity index (χ4n) is 3.12. The van der Waals surface area contributed by atoms with Crippen LogP contribution in [0.5, 0.6) is 0 Å². The van der Waals surface area contributed by atoms with Gasteiger partial charge in [0.15, 0.2) is 0 Å². The Kier molecular flexibility index (Phi) is 8.51. The lowest BCUT2D eigenvalue weighted by molar-refractivity contribution is 0.227. The molecule has 1 saturated carbocycles. The first-order valence-corrected chi connectivity index (χ1v) is 8.10. The van der Waals surface area contributed by atoms with Gasteiger partial charge >= 0.3 is 0 Å². The van der Waals surface area contributed by atoms with Crippen LogP contribution < -0.4 is 5.32 Å². The Morgan fingerprint density at radius 2 is 2.00 bits per heavy atom. The Morgan fingerprint density at radius 3 is 2.55 bits per heavy atom. The summed E-state index contributed by atoms with van der Waals surface area (Å²) in [5.74, 6) is 2.06. The van der Waals surface area contributed by atoms with Gasteiger partial charge in [-0.2, -0.15) is 5.10 Å². The van der Waals surface area contributed by atoms with E-state index in [1.54, 1.807) is 13.4 Å². The zero-order chi connectivity index (χ0) is 14.8. The van der Waals surface area contributed by atoms with Gasteiger partial charge in [-0.05, 0) is 25.8 Å². The third-order valence-corrected chi connectivity index (χ3v) is 4.49. The lowest BCUT2D eigenvalue weighted by Gasteiger charge is -2.32. The third kappa shape index (κ3) is 5.61. The van der Waals surface area contributed by atoms with Gasteiger partial charge < -0.3 is 5.32 Å². The Bertz CT molecular complexity index is 295. The van der Waals surface area contributed by atoms with Crippen molar-refractivity contribution in [3.05, 3.63) is 0 Å². The van der Waals surface area contributed by atoms with Crippen molar-refractivity contribution < 1.29 is 0 Å². The number of nitrogens with zero attached hydrogens (tertiary/aromatic N) is 3. The molecular weight excluding hydrogens is 248 g/mol. The molecule has 0 aromatic rings. The lowest BCUT2D eigenvalue weighted by atomic mass is 9.75. The molecule has 4 nitrogen and oxygen atoms in total. The summed E-state index contributed by atoms with van der Waals surface area (Å²) in [6, 6.07) is 0. The van der Waals surface area contributed by atoms with E-state index in [0.717, 1.165) is 19.0 Å². The molecule has 0 radical (unpaired) electrons. The zero-order valence-corrected chi connectivity index (χ0v) is 13.7. The van der Waals surface area contributed by atoms with Gasteiger partial charge in [0.25, 0.3) is 0 Å². The second-order valence-electron chi connectivity index (χ2n) is 5.87. The monoisotopic (exact) mass is 280 g/mol. The standard InChI is InChI=1S/C16H32N4/c1-5-20(13-18-4)19-12-16(11-17-3)14(2)15-9-7-6-8-10-15/h12-17H,5-11H2,1-4H3/b18-13-,19-12+. The number of nitrogens with one attached hydrogen (secondary N) is 1. The minimum absolute atomic E-state index is 0.502. The number of aliphatic imine (C=N–C) groups is 1. The highest BCUT2D eigenvalue weighted by Crippen LogP contribution is 2.33. The second kappa shape index (κ2) is 9.92. The normalized spacial score (nSPS) is 20.6. The third-order valence-electron chi connectivity index (χ3n) is 4.49. The van der Waals surface area contributed by atoms with Crippen molar-refractivity contribution in [1.29, 1.82) is 0 Å². The SMILES string of the molecule is CCN(/C=N\C)/N=C/C(CNC)C(C)C1CCCCC1. The van der Waals surface area contributed by atoms with Crippen molar-refractivity contribution in [2.24, 2.45) is 27.8 Å². The maximum absolute atomic E-state index is 4.59. The van der Waals surface area contributed by atoms with Crippen LogP contribution in [-0.4, -0.2) is 44.7 Å². The molecule has 2 atom stereocenters. The Labute approximate surface area is 124 Å². The van der Waals surface area contributed by atoms with Crippen LogP contribution >= 0.6 is 0 Å². The van der Waals surface area contributed by atoms with Gasteiger partial charge in [-0.3, -0.25) is 10.0 Å². The van der Waals surface area contributed by atoms with E-state index in [9.17, 15) is 0 Å². The Hall–Kier alpha value is -0.900. The molecule has 1 N–H and O–H groups in total.